The Labute approximate surface area is 206 Å². The van der Waals surface area contributed by atoms with Gasteiger partial charge in [-0.1, -0.05) is 31.2 Å². The van der Waals surface area contributed by atoms with Crippen molar-refractivity contribution >= 4 is 31.6 Å². The van der Waals surface area contributed by atoms with Crippen LogP contribution in [0.2, 0.25) is 0 Å². The molecule has 0 unspecified atom stereocenters. The minimum Gasteiger partial charge on any atom is -0.486 e. The van der Waals surface area contributed by atoms with E-state index in [0.29, 0.717) is 0 Å². The Morgan fingerprint density at radius 3 is 2.40 bits per heavy atom. The van der Waals surface area contributed by atoms with Crippen molar-refractivity contribution in [3.63, 3.8) is 0 Å². The second-order valence-corrected chi connectivity index (χ2v) is 12.6. The van der Waals surface area contributed by atoms with Gasteiger partial charge >= 0.3 is 0 Å². The van der Waals surface area contributed by atoms with Gasteiger partial charge in [-0.25, -0.2) is 16.8 Å². The van der Waals surface area contributed by atoms with E-state index in [9.17, 15) is 26.7 Å². The van der Waals surface area contributed by atoms with Crippen LogP contribution >= 0.6 is 0 Å². The number of carbonyl (C=O) groups excluding carboxylic acids is 1. The Bertz CT molecular complexity index is 1270. The fourth-order valence-corrected chi connectivity index (χ4v) is 5.63. The van der Waals surface area contributed by atoms with Gasteiger partial charge in [0.15, 0.2) is 5.75 Å². The number of nitrogens with one attached hydrogen (secondary N) is 1. The summed E-state index contributed by atoms with van der Waals surface area (Å²) in [5.74, 6) is -0.768. The van der Waals surface area contributed by atoms with Crippen molar-refractivity contribution in [1.82, 2.24) is 9.21 Å². The lowest BCUT2D eigenvalue weighted by Gasteiger charge is -2.38. The Hall–Kier alpha value is -2.67. The summed E-state index contributed by atoms with van der Waals surface area (Å²) in [6, 6.07) is 12.0. The zero-order valence-corrected chi connectivity index (χ0v) is 21.7. The van der Waals surface area contributed by atoms with E-state index < -0.39 is 38.1 Å². The van der Waals surface area contributed by atoms with E-state index in [1.54, 1.807) is 25.1 Å². The number of aliphatic hydroxyl groups excluding tert-OH is 1. The van der Waals surface area contributed by atoms with Gasteiger partial charge in [0.05, 0.1) is 41.6 Å². The molecule has 192 valence electrons. The number of aliphatic hydroxyl groups is 1. The van der Waals surface area contributed by atoms with E-state index in [2.05, 4.69) is 4.72 Å². The summed E-state index contributed by atoms with van der Waals surface area (Å²) < 4.78 is 59.9. The minimum absolute atomic E-state index is 0.0140. The van der Waals surface area contributed by atoms with Gasteiger partial charge in [0.2, 0.25) is 20.0 Å². The summed E-state index contributed by atoms with van der Waals surface area (Å²) in [7, 11) is -6.08. The molecule has 1 amide bonds. The number of fused-ring (bicyclic) bond motifs is 1. The molecule has 12 heteroatoms. The molecule has 0 bridgehead atoms. The highest BCUT2D eigenvalue weighted by molar-refractivity contribution is 7.92. The number of sulfonamides is 2. The fourth-order valence-electron chi connectivity index (χ4n) is 3.87. The average molecular weight is 526 g/mol. The first-order valence-electron chi connectivity index (χ1n) is 11.1. The lowest BCUT2D eigenvalue weighted by molar-refractivity contribution is 0.0389. The molecule has 3 atom stereocenters. The molecule has 2 aromatic rings. The highest BCUT2D eigenvalue weighted by atomic mass is 32.2. The van der Waals surface area contributed by atoms with E-state index in [1.165, 1.54) is 46.6 Å². The Morgan fingerprint density at radius 2 is 1.80 bits per heavy atom. The molecule has 1 heterocycles. The topological polar surface area (TPSA) is 133 Å². The van der Waals surface area contributed by atoms with Gasteiger partial charge in [0, 0.05) is 19.5 Å². The Morgan fingerprint density at radius 1 is 1.14 bits per heavy atom. The van der Waals surface area contributed by atoms with E-state index in [-0.39, 0.29) is 47.5 Å². The molecule has 3 rings (SSSR count). The van der Waals surface area contributed by atoms with Crippen molar-refractivity contribution in [3.8, 4) is 5.75 Å². The number of nitrogens with zero attached hydrogens (tertiary/aromatic N) is 2. The zero-order valence-electron chi connectivity index (χ0n) is 20.1. The van der Waals surface area contributed by atoms with Crippen LogP contribution in [-0.2, 0) is 20.0 Å². The van der Waals surface area contributed by atoms with E-state index in [4.69, 9.17) is 4.74 Å². The second-order valence-electron chi connectivity index (χ2n) is 8.78. The smallest absolute Gasteiger partial charge is 0.258 e. The Balaban J connectivity index is 2.06. The molecule has 0 saturated carbocycles. The lowest BCUT2D eigenvalue weighted by Crippen LogP contribution is -2.50. The number of rotatable bonds is 8. The third-order valence-electron chi connectivity index (χ3n) is 5.87. The number of amides is 1. The Kier molecular flexibility index (Phi) is 8.10. The van der Waals surface area contributed by atoms with Crippen LogP contribution < -0.4 is 9.46 Å². The van der Waals surface area contributed by atoms with Crippen molar-refractivity contribution < 1.29 is 31.5 Å². The van der Waals surface area contributed by atoms with Gasteiger partial charge in [0.25, 0.3) is 5.91 Å². The molecule has 0 saturated heterocycles. The van der Waals surface area contributed by atoms with Gasteiger partial charge in [-0.15, -0.1) is 0 Å². The first-order valence-corrected chi connectivity index (χ1v) is 14.4. The summed E-state index contributed by atoms with van der Waals surface area (Å²) >= 11 is 0. The molecule has 0 aliphatic carbocycles. The predicted octanol–water partition coefficient (Wildman–Crippen LogP) is 1.60. The van der Waals surface area contributed by atoms with Crippen LogP contribution in [0.25, 0.3) is 0 Å². The molecule has 35 heavy (non-hydrogen) atoms. The van der Waals surface area contributed by atoms with E-state index >= 15 is 0 Å². The number of hydrogen-bond acceptors (Lipinski definition) is 7. The molecule has 0 spiro atoms. The number of carbonyl (C=O) groups is 1. The van der Waals surface area contributed by atoms with Crippen LogP contribution in [0.1, 0.15) is 24.2 Å². The first-order chi connectivity index (χ1) is 16.3. The number of benzene rings is 2. The van der Waals surface area contributed by atoms with Crippen molar-refractivity contribution in [2.24, 2.45) is 5.92 Å². The maximum Gasteiger partial charge on any atom is 0.258 e. The number of ether oxygens (including phenoxy) is 1. The van der Waals surface area contributed by atoms with Crippen LogP contribution in [0.3, 0.4) is 0 Å². The minimum atomic E-state index is -3.82. The van der Waals surface area contributed by atoms with Crippen molar-refractivity contribution in [2.75, 3.05) is 37.7 Å². The van der Waals surface area contributed by atoms with Crippen LogP contribution in [0.5, 0.6) is 5.75 Å². The SMILES string of the molecule is C[C@@H]1CN([C@@H](C)CO)C(=O)c2cccc(NS(C)(=O)=O)c2O[C@@H]1CN(C)S(=O)(=O)c1ccccc1. The summed E-state index contributed by atoms with van der Waals surface area (Å²) in [5.41, 5.74) is 0.187. The molecule has 1 aliphatic heterocycles. The van der Waals surface area contributed by atoms with Gasteiger partial charge in [-0.2, -0.15) is 4.31 Å². The molecule has 1 aliphatic rings. The predicted molar refractivity (Wildman–Crippen MR) is 132 cm³/mol. The van der Waals surface area contributed by atoms with Crippen LogP contribution in [0, 0.1) is 5.92 Å². The number of likely N-dealkylation sites (N-methyl/N-ethyl adjacent to an activating group) is 1. The normalized spacial score (nSPS) is 19.9. The summed E-state index contributed by atoms with van der Waals surface area (Å²) in [6.45, 7) is 3.39. The molecule has 2 aromatic carbocycles. The molecule has 0 aromatic heterocycles. The third kappa shape index (κ3) is 6.13. The van der Waals surface area contributed by atoms with Gasteiger partial charge in [0.1, 0.15) is 6.10 Å². The highest BCUT2D eigenvalue weighted by Gasteiger charge is 2.36. The monoisotopic (exact) mass is 525 g/mol. The van der Waals surface area contributed by atoms with E-state index in [0.717, 1.165) is 6.26 Å². The fraction of sp³-hybridized carbons (Fsp3) is 0.435. The van der Waals surface area contributed by atoms with Crippen LogP contribution in [0.4, 0.5) is 5.69 Å². The number of hydrogen-bond donors (Lipinski definition) is 2. The molecule has 2 N–H and O–H groups in total. The van der Waals surface area contributed by atoms with Gasteiger partial charge in [-0.3, -0.25) is 9.52 Å². The van der Waals surface area contributed by atoms with E-state index in [1.807, 2.05) is 6.92 Å². The van der Waals surface area contributed by atoms with Crippen molar-refractivity contribution in [2.45, 2.75) is 30.9 Å². The van der Waals surface area contributed by atoms with Crippen molar-refractivity contribution in [1.29, 1.82) is 0 Å². The highest BCUT2D eigenvalue weighted by Crippen LogP contribution is 2.35. The molecule has 10 nitrogen and oxygen atoms in total. The molecular weight excluding hydrogens is 494 g/mol. The maximum absolute atomic E-state index is 13.4. The van der Waals surface area contributed by atoms with Crippen molar-refractivity contribution in [3.05, 3.63) is 54.1 Å². The van der Waals surface area contributed by atoms with Gasteiger partial charge in [-0.05, 0) is 31.2 Å². The molecule has 0 fully saturated rings. The lowest BCUT2D eigenvalue weighted by atomic mass is 9.99. The molecular formula is C23H31N3O7S2. The second kappa shape index (κ2) is 10.5. The summed E-state index contributed by atoms with van der Waals surface area (Å²) in [6.07, 6.45) is 0.249. The quantitative estimate of drug-likeness (QED) is 0.535. The number of para-hydroxylation sites is 1. The molecule has 0 radical (unpaired) electrons. The maximum atomic E-state index is 13.4. The largest absolute Gasteiger partial charge is 0.486 e. The van der Waals surface area contributed by atoms with Gasteiger partial charge < -0.3 is 14.7 Å². The number of anilines is 1. The summed E-state index contributed by atoms with van der Waals surface area (Å²) in [4.78, 5) is 15.0. The standard InChI is InChI=1S/C23H31N3O7S2/c1-16-13-26(17(2)15-27)23(28)19-11-8-12-20(24-34(4,29)30)22(19)33-21(16)14-25(3)35(31,32)18-9-6-5-7-10-18/h5-12,16-17,21,24,27H,13-15H2,1-4H3/t16-,17+,21-/m1/s1. The first kappa shape index (κ1) is 26.9. The zero-order chi connectivity index (χ0) is 26.0. The average Bonchev–Trinajstić information content (AvgIpc) is 2.80. The third-order valence-corrected chi connectivity index (χ3v) is 8.30. The van der Waals surface area contributed by atoms with Crippen LogP contribution in [0.15, 0.2) is 53.4 Å². The summed E-state index contributed by atoms with van der Waals surface area (Å²) in [5, 5.41) is 9.75. The van der Waals surface area contributed by atoms with Crippen LogP contribution in [-0.4, -0.2) is 82.2 Å².